The topological polar surface area (TPSA) is 554 Å². The van der Waals surface area contributed by atoms with Crippen molar-refractivity contribution >= 4 is 23.9 Å². The van der Waals surface area contributed by atoms with Gasteiger partial charge in [0, 0.05) is 17.1 Å². The Kier molecular flexibility index (Phi) is 34.9. The molecule has 24 N–H and O–H groups in total. The van der Waals surface area contributed by atoms with Gasteiger partial charge in [-0.1, -0.05) is 0 Å². The smallest absolute Gasteiger partial charge is 0.335 e. The van der Waals surface area contributed by atoms with Crippen LogP contribution in [0.1, 0.15) is 0 Å². The van der Waals surface area contributed by atoms with Crippen LogP contribution in [0.3, 0.4) is 0 Å². The minimum Gasteiger partial charge on any atom is -0.479 e. The fourth-order valence-corrected chi connectivity index (χ4v) is 2.67. The normalized spacial score (nSPS) is 20.0. The summed E-state index contributed by atoms with van der Waals surface area (Å²) in [5.74, 6) is -6.90. The van der Waals surface area contributed by atoms with E-state index in [0.29, 0.717) is 0 Å². The van der Waals surface area contributed by atoms with Gasteiger partial charge in [0.05, 0.1) is 26.4 Å². The molecule has 29 heteroatoms. The Hall–Kier alpha value is -2.40. The van der Waals surface area contributed by atoms with E-state index in [1.165, 1.54) is 0 Å². The number of rotatable bonds is 20. The number of hydrogen-bond donors (Lipinski definition) is 24. The molecule has 28 nitrogen and oxygen atoms in total. The third-order valence-electron chi connectivity index (χ3n) is 6.03. The molecular formula is C24H48MnO28. The van der Waals surface area contributed by atoms with Crippen molar-refractivity contribution < 1.29 is 159 Å². The molecular weight excluding hydrogens is 791 g/mol. The van der Waals surface area contributed by atoms with Crippen molar-refractivity contribution in [1.29, 1.82) is 0 Å². The maximum absolute atomic E-state index is 10.1. The zero-order chi connectivity index (χ0) is 42.4. The molecule has 0 saturated carbocycles. The molecule has 0 saturated heterocycles. The predicted molar refractivity (Wildman–Crippen MR) is 155 cm³/mol. The van der Waals surface area contributed by atoms with Gasteiger partial charge in [0.2, 0.25) is 0 Å². The van der Waals surface area contributed by atoms with E-state index in [0.717, 1.165) is 0 Å². The molecule has 0 aliphatic carbocycles. The molecule has 0 heterocycles. The van der Waals surface area contributed by atoms with Gasteiger partial charge in [-0.2, -0.15) is 0 Å². The average Bonchev–Trinajstić information content (AvgIpc) is 3.12. The van der Waals surface area contributed by atoms with Crippen LogP contribution in [0.25, 0.3) is 0 Å². The number of carboxylic acid groups (broad SMARTS) is 4. The van der Waals surface area contributed by atoms with E-state index < -0.39 is 148 Å². The first-order valence-corrected chi connectivity index (χ1v) is 13.9. The summed E-state index contributed by atoms with van der Waals surface area (Å²) < 4.78 is 0. The summed E-state index contributed by atoms with van der Waals surface area (Å²) in [4.78, 5) is 40.4. The predicted octanol–water partition coefficient (Wildman–Crippen LogP) is -14.0. The van der Waals surface area contributed by atoms with Crippen LogP contribution in [0, 0.1) is 0 Å². The van der Waals surface area contributed by atoms with Crippen LogP contribution < -0.4 is 0 Å². The van der Waals surface area contributed by atoms with Crippen molar-refractivity contribution in [2.24, 2.45) is 0 Å². The van der Waals surface area contributed by atoms with Gasteiger partial charge in [-0.25, -0.2) is 19.2 Å². The van der Waals surface area contributed by atoms with Crippen molar-refractivity contribution in [1.82, 2.24) is 0 Å². The number of aliphatic hydroxyl groups excluding tert-OH is 20. The average molecular weight is 840 g/mol. The van der Waals surface area contributed by atoms with Gasteiger partial charge < -0.3 is 123 Å². The molecule has 0 aromatic heterocycles. The van der Waals surface area contributed by atoms with Gasteiger partial charge in [0.15, 0.2) is 24.4 Å². The first-order chi connectivity index (χ1) is 23.7. The zero-order valence-corrected chi connectivity index (χ0v) is 28.0. The van der Waals surface area contributed by atoms with E-state index in [4.69, 9.17) is 123 Å². The van der Waals surface area contributed by atoms with Crippen molar-refractivity contribution in [2.75, 3.05) is 26.4 Å². The molecule has 0 amide bonds. The van der Waals surface area contributed by atoms with Crippen LogP contribution in [-0.2, 0) is 36.2 Å². The van der Waals surface area contributed by atoms with Crippen LogP contribution in [0.15, 0.2) is 0 Å². The second kappa shape index (κ2) is 30.9. The van der Waals surface area contributed by atoms with Gasteiger partial charge in [-0.15, -0.1) is 0 Å². The van der Waals surface area contributed by atoms with E-state index in [2.05, 4.69) is 0 Å². The van der Waals surface area contributed by atoms with Crippen molar-refractivity contribution in [2.45, 2.75) is 97.7 Å². The molecule has 0 aromatic rings. The summed E-state index contributed by atoms with van der Waals surface area (Å²) in [6, 6.07) is 0. The molecule has 0 aliphatic rings. The van der Waals surface area contributed by atoms with Gasteiger partial charge in [-0.05, 0) is 0 Å². The molecule has 1 radical (unpaired) electrons. The van der Waals surface area contributed by atoms with Gasteiger partial charge in [0.25, 0.3) is 0 Å². The molecule has 16 atom stereocenters. The summed E-state index contributed by atoms with van der Waals surface area (Å²) in [6.07, 6.45) is -31.3. The largest absolute Gasteiger partial charge is 0.479 e. The zero-order valence-electron chi connectivity index (χ0n) is 26.8. The second-order valence-electron chi connectivity index (χ2n) is 10.1. The fraction of sp³-hybridized carbons (Fsp3) is 0.833. The molecule has 0 unspecified atom stereocenters. The van der Waals surface area contributed by atoms with E-state index in [-0.39, 0.29) is 17.1 Å². The van der Waals surface area contributed by atoms with Crippen LogP contribution in [-0.4, -0.2) is 271 Å². The monoisotopic (exact) mass is 839 g/mol. The van der Waals surface area contributed by atoms with Gasteiger partial charge >= 0.3 is 23.9 Å². The van der Waals surface area contributed by atoms with Gasteiger partial charge in [-0.3, -0.25) is 0 Å². The molecule has 0 bridgehead atoms. The molecule has 0 aromatic carbocycles. The Morgan fingerprint density at radius 3 is 0.472 bits per heavy atom. The number of aliphatic hydroxyl groups is 20. The maximum Gasteiger partial charge on any atom is 0.335 e. The van der Waals surface area contributed by atoms with E-state index >= 15 is 0 Å². The Morgan fingerprint density at radius 2 is 0.396 bits per heavy atom. The summed E-state index contributed by atoms with van der Waals surface area (Å²) in [7, 11) is 0. The number of carboxylic acids is 4. The first-order valence-electron chi connectivity index (χ1n) is 13.9. The number of carbonyl (C=O) groups is 4. The van der Waals surface area contributed by atoms with Crippen molar-refractivity contribution in [3.05, 3.63) is 0 Å². The van der Waals surface area contributed by atoms with E-state index in [1.807, 2.05) is 0 Å². The Bertz CT molecular complexity index is 841. The molecule has 319 valence electrons. The van der Waals surface area contributed by atoms with Crippen LogP contribution >= 0.6 is 0 Å². The number of hydrogen-bond acceptors (Lipinski definition) is 24. The molecule has 0 aliphatic heterocycles. The SMILES string of the molecule is O=C(O)[C@H](O)[C@@H](O)[C@H](O)[C@H](O)CO.O=C(O)[C@H](O)[C@@H](O)[C@H](O)[C@H](O)CO.O=C(O)[C@H](O)[C@@H](O)[C@H](O)[C@H](O)CO.O=C(O)[C@H](O)[C@@H](O)[C@H](O)[C@H](O)CO.[Mn]. The standard InChI is InChI=1S/4C6H12O7.Mn/c4*7-1-2(8)3(9)4(10)5(11)6(12)13;/h4*2-5,7-11H,1H2,(H,12,13);/t4*2-,3-,4+,5-;/m1111./s1. The Balaban J connectivity index is -0.000000192. The summed E-state index contributed by atoms with van der Waals surface area (Å²) >= 11 is 0. The minimum absolute atomic E-state index is 0. The summed E-state index contributed by atoms with van der Waals surface area (Å²) in [5.41, 5.74) is 0. The number of aliphatic carboxylic acids is 4. The summed E-state index contributed by atoms with van der Waals surface area (Å²) in [5, 5.41) is 207. The fourth-order valence-electron chi connectivity index (χ4n) is 2.67. The quantitative estimate of drug-likeness (QED) is 0.0506. The van der Waals surface area contributed by atoms with Crippen molar-refractivity contribution in [3.63, 3.8) is 0 Å². The Morgan fingerprint density at radius 1 is 0.283 bits per heavy atom. The first kappa shape index (κ1) is 59.9. The van der Waals surface area contributed by atoms with E-state index in [9.17, 15) is 19.2 Å². The van der Waals surface area contributed by atoms with Crippen LogP contribution in [0.5, 0.6) is 0 Å². The maximum atomic E-state index is 10.1. The minimum atomic E-state index is -2.20. The second-order valence-corrected chi connectivity index (χ2v) is 10.1. The van der Waals surface area contributed by atoms with Crippen LogP contribution in [0.4, 0.5) is 0 Å². The van der Waals surface area contributed by atoms with Gasteiger partial charge in [0.1, 0.15) is 73.2 Å². The molecule has 53 heavy (non-hydrogen) atoms. The molecule has 0 rings (SSSR count). The molecule has 0 fully saturated rings. The van der Waals surface area contributed by atoms with Crippen molar-refractivity contribution in [3.8, 4) is 0 Å². The third kappa shape index (κ3) is 23.2. The Labute approximate surface area is 306 Å². The molecule has 0 spiro atoms. The van der Waals surface area contributed by atoms with Crippen LogP contribution in [0.2, 0.25) is 0 Å². The third-order valence-corrected chi connectivity index (χ3v) is 6.03. The summed E-state index contributed by atoms with van der Waals surface area (Å²) in [6.45, 7) is -3.37. The van der Waals surface area contributed by atoms with E-state index in [1.54, 1.807) is 0 Å².